The van der Waals surface area contributed by atoms with Crippen molar-refractivity contribution in [1.82, 2.24) is 14.9 Å². The van der Waals surface area contributed by atoms with Crippen LogP contribution in [0, 0.1) is 5.82 Å². The molecule has 0 unspecified atom stereocenters. The third-order valence-electron chi connectivity index (χ3n) is 5.10. The second-order valence-corrected chi connectivity index (χ2v) is 8.41. The van der Waals surface area contributed by atoms with Gasteiger partial charge in [0.05, 0.1) is 12.9 Å². The number of hydrogen-bond donors (Lipinski definition) is 2. The summed E-state index contributed by atoms with van der Waals surface area (Å²) in [6.45, 7) is 0.105. The van der Waals surface area contributed by atoms with Crippen molar-refractivity contribution in [2.75, 3.05) is 18.2 Å². The van der Waals surface area contributed by atoms with Crippen LogP contribution in [0.1, 0.15) is 15.9 Å². The first-order valence-corrected chi connectivity index (χ1v) is 11.7. The molecule has 1 aromatic heterocycles. The Morgan fingerprint density at radius 3 is 2.63 bits per heavy atom. The Hall–Kier alpha value is -4.11. The number of thioether (sulfide) groups is 1. The molecule has 2 amide bonds. The van der Waals surface area contributed by atoms with Crippen molar-refractivity contribution >= 4 is 29.3 Å². The zero-order valence-corrected chi connectivity index (χ0v) is 19.7. The molecule has 4 aromatic rings. The highest BCUT2D eigenvalue weighted by Crippen LogP contribution is 2.22. The lowest BCUT2D eigenvalue weighted by atomic mass is 10.1. The molecule has 3 aromatic carbocycles. The summed E-state index contributed by atoms with van der Waals surface area (Å²) in [5.74, 6) is 0.0137. The number of carbonyl (C=O) groups is 2. The molecule has 7 nitrogen and oxygen atoms in total. The van der Waals surface area contributed by atoms with Crippen molar-refractivity contribution in [3.63, 3.8) is 0 Å². The van der Waals surface area contributed by atoms with Crippen molar-refractivity contribution in [2.24, 2.45) is 0 Å². The van der Waals surface area contributed by atoms with E-state index >= 15 is 0 Å². The van der Waals surface area contributed by atoms with E-state index in [1.54, 1.807) is 86.2 Å². The number of aromatic nitrogens is 2. The maximum atomic E-state index is 13.8. The lowest BCUT2D eigenvalue weighted by Gasteiger charge is -2.10. The number of imidazole rings is 1. The van der Waals surface area contributed by atoms with Crippen LogP contribution >= 0.6 is 11.8 Å². The highest BCUT2D eigenvalue weighted by molar-refractivity contribution is 7.99. The molecule has 0 aliphatic heterocycles. The number of nitrogens with zero attached hydrogens (tertiary/aromatic N) is 2. The molecule has 0 spiro atoms. The predicted octanol–water partition coefficient (Wildman–Crippen LogP) is 4.68. The van der Waals surface area contributed by atoms with Crippen LogP contribution in [0.4, 0.5) is 10.1 Å². The van der Waals surface area contributed by atoms with Gasteiger partial charge in [0.25, 0.3) is 5.91 Å². The maximum Gasteiger partial charge on any atom is 0.251 e. The number of ether oxygens (including phenoxy) is 1. The lowest BCUT2D eigenvalue weighted by Crippen LogP contribution is -2.23. The van der Waals surface area contributed by atoms with Crippen LogP contribution in [-0.4, -0.2) is 34.2 Å². The zero-order valence-electron chi connectivity index (χ0n) is 18.9. The fraction of sp³-hybridized carbons (Fsp3) is 0.115. The van der Waals surface area contributed by atoms with Crippen molar-refractivity contribution in [3.05, 3.63) is 102 Å². The molecule has 178 valence electrons. The van der Waals surface area contributed by atoms with Crippen LogP contribution in [-0.2, 0) is 11.3 Å². The Balaban J connectivity index is 1.34. The molecule has 0 saturated heterocycles. The Morgan fingerprint density at radius 1 is 1.06 bits per heavy atom. The Bertz CT molecular complexity index is 1320. The average Bonchev–Trinajstić information content (AvgIpc) is 3.36. The van der Waals surface area contributed by atoms with Gasteiger partial charge >= 0.3 is 0 Å². The maximum absolute atomic E-state index is 13.8. The summed E-state index contributed by atoms with van der Waals surface area (Å²) in [6.07, 6.45) is 3.44. The van der Waals surface area contributed by atoms with Crippen LogP contribution in [0.5, 0.6) is 5.75 Å². The van der Waals surface area contributed by atoms with Crippen LogP contribution < -0.4 is 15.4 Å². The number of carbonyl (C=O) groups excluding carboxylic acids is 2. The first kappa shape index (κ1) is 24.0. The minimum Gasteiger partial charge on any atom is -0.497 e. The van der Waals surface area contributed by atoms with Gasteiger partial charge < -0.3 is 15.4 Å². The minimum absolute atomic E-state index is 0.105. The summed E-state index contributed by atoms with van der Waals surface area (Å²) < 4.78 is 20.8. The van der Waals surface area contributed by atoms with Crippen molar-refractivity contribution < 1.29 is 18.7 Å². The molecule has 0 bridgehead atoms. The zero-order chi connectivity index (χ0) is 24.6. The third kappa shape index (κ3) is 6.27. The van der Waals surface area contributed by atoms with Crippen LogP contribution in [0.2, 0.25) is 0 Å². The molecule has 35 heavy (non-hydrogen) atoms. The van der Waals surface area contributed by atoms with Crippen molar-refractivity contribution in [1.29, 1.82) is 0 Å². The van der Waals surface area contributed by atoms with E-state index in [9.17, 15) is 14.0 Å². The number of rotatable bonds is 9. The number of hydrogen-bond acceptors (Lipinski definition) is 5. The van der Waals surface area contributed by atoms with Crippen LogP contribution in [0.15, 0.2) is 90.3 Å². The highest BCUT2D eigenvalue weighted by Gasteiger charge is 2.12. The van der Waals surface area contributed by atoms with Gasteiger partial charge in [0, 0.05) is 47.5 Å². The van der Waals surface area contributed by atoms with Gasteiger partial charge in [-0.3, -0.25) is 14.2 Å². The fourth-order valence-electron chi connectivity index (χ4n) is 3.31. The summed E-state index contributed by atoms with van der Waals surface area (Å²) in [5.41, 5.74) is 2.33. The molecular formula is C26H23FN4O3S. The van der Waals surface area contributed by atoms with E-state index < -0.39 is 0 Å². The molecule has 2 N–H and O–H groups in total. The normalized spacial score (nSPS) is 10.6. The molecule has 1 heterocycles. The molecule has 4 rings (SSSR count). The van der Waals surface area contributed by atoms with Gasteiger partial charge in [0.15, 0.2) is 5.16 Å². The van der Waals surface area contributed by atoms with E-state index in [-0.39, 0.29) is 29.9 Å². The van der Waals surface area contributed by atoms with E-state index in [1.165, 1.54) is 17.8 Å². The first-order valence-electron chi connectivity index (χ1n) is 10.8. The number of halogens is 1. The number of benzene rings is 3. The average molecular weight is 491 g/mol. The second kappa shape index (κ2) is 11.3. The largest absolute Gasteiger partial charge is 0.497 e. The minimum atomic E-state index is -0.356. The second-order valence-electron chi connectivity index (χ2n) is 7.47. The van der Waals surface area contributed by atoms with Gasteiger partial charge in [-0.15, -0.1) is 0 Å². The van der Waals surface area contributed by atoms with Gasteiger partial charge in [-0.25, -0.2) is 9.37 Å². The molecule has 0 radical (unpaired) electrons. The fourth-order valence-corrected chi connectivity index (χ4v) is 4.09. The molecule has 0 atom stereocenters. The van der Waals surface area contributed by atoms with Gasteiger partial charge in [0.1, 0.15) is 11.6 Å². The SMILES string of the molecule is COc1cccc(NC(=O)CSc2nccn2-c2ccc(C(=O)NCc3ccccc3F)cc2)c1. The summed E-state index contributed by atoms with van der Waals surface area (Å²) in [4.78, 5) is 29.2. The van der Waals surface area contributed by atoms with E-state index in [0.717, 1.165) is 5.69 Å². The highest BCUT2D eigenvalue weighted by atomic mass is 32.2. The van der Waals surface area contributed by atoms with E-state index in [4.69, 9.17) is 4.74 Å². The standard InChI is InChI=1S/C26H23FN4O3S/c1-34-22-7-4-6-20(15-22)30-24(32)17-35-26-28-13-14-31(26)21-11-9-18(10-12-21)25(33)29-16-19-5-2-3-8-23(19)27/h2-15H,16-17H2,1H3,(H,29,33)(H,30,32). The van der Waals surface area contributed by atoms with E-state index in [0.29, 0.717) is 27.7 Å². The molecule has 0 aliphatic rings. The Labute approximate surface area is 206 Å². The number of amides is 2. The van der Waals surface area contributed by atoms with E-state index in [1.807, 2.05) is 4.57 Å². The Morgan fingerprint density at radius 2 is 1.86 bits per heavy atom. The molecule has 0 aliphatic carbocycles. The smallest absolute Gasteiger partial charge is 0.251 e. The molecular weight excluding hydrogens is 467 g/mol. The first-order chi connectivity index (χ1) is 17.0. The van der Waals surface area contributed by atoms with Gasteiger partial charge in [0.2, 0.25) is 5.91 Å². The van der Waals surface area contributed by atoms with Gasteiger partial charge in [-0.05, 0) is 42.5 Å². The molecule has 0 fully saturated rings. The van der Waals surface area contributed by atoms with Gasteiger partial charge in [-0.1, -0.05) is 36.0 Å². The third-order valence-corrected chi connectivity index (χ3v) is 6.06. The predicted molar refractivity (Wildman–Crippen MR) is 133 cm³/mol. The monoisotopic (exact) mass is 490 g/mol. The molecule has 9 heteroatoms. The van der Waals surface area contributed by atoms with Gasteiger partial charge in [-0.2, -0.15) is 0 Å². The summed E-state index contributed by atoms with van der Waals surface area (Å²) in [7, 11) is 1.57. The quantitative estimate of drug-likeness (QED) is 0.333. The number of nitrogens with one attached hydrogen (secondary N) is 2. The van der Waals surface area contributed by atoms with E-state index in [2.05, 4.69) is 15.6 Å². The van der Waals surface area contributed by atoms with Crippen LogP contribution in [0.3, 0.4) is 0 Å². The van der Waals surface area contributed by atoms with Crippen LogP contribution in [0.25, 0.3) is 5.69 Å². The van der Waals surface area contributed by atoms with Crippen molar-refractivity contribution in [2.45, 2.75) is 11.7 Å². The number of anilines is 1. The summed E-state index contributed by atoms with van der Waals surface area (Å²) in [5, 5.41) is 6.21. The lowest BCUT2D eigenvalue weighted by molar-refractivity contribution is -0.113. The van der Waals surface area contributed by atoms with Crippen molar-refractivity contribution in [3.8, 4) is 11.4 Å². The summed E-state index contributed by atoms with van der Waals surface area (Å²) in [6, 6.07) is 20.4. The summed E-state index contributed by atoms with van der Waals surface area (Å²) >= 11 is 1.30. The molecule has 0 saturated carbocycles. The Kier molecular flexibility index (Phi) is 7.79. The number of methoxy groups -OCH3 is 1. The topological polar surface area (TPSA) is 85.2 Å².